The number of benzene rings is 1. The molecule has 2 spiro atoms. The van der Waals surface area contributed by atoms with E-state index < -0.39 is 53.9 Å². The Labute approximate surface area is 299 Å². The Hall–Kier alpha value is -1.71. The van der Waals surface area contributed by atoms with Crippen LogP contribution in [0.5, 0.6) is 0 Å². The second-order valence-corrected chi connectivity index (χ2v) is 17.5. The van der Waals surface area contributed by atoms with Crippen LogP contribution in [0.25, 0.3) is 0 Å². The fourth-order valence-electron chi connectivity index (χ4n) is 11.5. The quantitative estimate of drug-likeness (QED) is 0.297. The van der Waals surface area contributed by atoms with Crippen molar-refractivity contribution in [3.05, 3.63) is 34.9 Å². The number of carboxylic acids is 1. The van der Waals surface area contributed by atoms with Gasteiger partial charge >= 0.3 is 5.97 Å². The first-order valence-corrected chi connectivity index (χ1v) is 19.3. The molecule has 16 atom stereocenters. The number of ether oxygens (including phenoxy) is 6. The second kappa shape index (κ2) is 12.4. The van der Waals surface area contributed by atoms with Crippen LogP contribution in [0.2, 0.25) is 0 Å². The average molecular weight is 715 g/mol. The van der Waals surface area contributed by atoms with Crippen LogP contribution >= 0.6 is 0 Å². The van der Waals surface area contributed by atoms with Crippen molar-refractivity contribution < 1.29 is 57.9 Å². The molecule has 0 amide bonds. The summed E-state index contributed by atoms with van der Waals surface area (Å²) >= 11 is 0. The molecular formula is C39H54O12. The van der Waals surface area contributed by atoms with E-state index in [0.717, 1.165) is 62.5 Å². The van der Waals surface area contributed by atoms with E-state index in [1.54, 1.807) is 12.1 Å². The molecule has 11 rings (SSSR count). The lowest BCUT2D eigenvalue weighted by Crippen LogP contribution is -2.70. The maximum atomic E-state index is 12.3. The molecule has 8 aliphatic heterocycles. The molecule has 8 saturated heterocycles. The van der Waals surface area contributed by atoms with Crippen LogP contribution in [0.1, 0.15) is 114 Å². The zero-order valence-electron chi connectivity index (χ0n) is 30.7. The SMILES string of the molecule is C[C@H]1[C@@H](OCc2cc(CO[C@H]3O[C@@H]4O[C@]5(C)CC[C@H]6[C@H](C)CC[C@@H]([C@H]3C)[C@@]46OO5)cc(C(=O)O)c2)O[C@@H]2O[C@]3(C)CC[C@H]4[C@H](C)CC[C@@H]1[C@@]24OO3. The van der Waals surface area contributed by atoms with Crippen molar-refractivity contribution in [1.82, 2.24) is 0 Å². The topological polar surface area (TPSA) is 130 Å². The summed E-state index contributed by atoms with van der Waals surface area (Å²) in [5, 5.41) is 10.1. The van der Waals surface area contributed by atoms with Gasteiger partial charge in [-0.05, 0) is 99.3 Å². The minimum atomic E-state index is -1.02. The Morgan fingerprint density at radius 2 is 1.12 bits per heavy atom. The number of hydrogen-bond acceptors (Lipinski definition) is 11. The van der Waals surface area contributed by atoms with Crippen LogP contribution in [0, 0.1) is 47.3 Å². The van der Waals surface area contributed by atoms with Crippen LogP contribution < -0.4 is 0 Å². The third-order valence-electron chi connectivity index (χ3n) is 14.3. The summed E-state index contributed by atoms with van der Waals surface area (Å²) in [6.45, 7) is 13.0. The molecule has 2 aliphatic carbocycles. The highest BCUT2D eigenvalue weighted by atomic mass is 17.3. The highest BCUT2D eigenvalue weighted by Gasteiger charge is 2.71. The Balaban J connectivity index is 0.911. The molecule has 1 aromatic carbocycles. The van der Waals surface area contributed by atoms with E-state index in [-0.39, 0.29) is 54.3 Å². The normalized spacial score (nSPS) is 51.3. The second-order valence-electron chi connectivity index (χ2n) is 17.5. The predicted octanol–water partition coefficient (Wildman–Crippen LogP) is 6.83. The monoisotopic (exact) mass is 714 g/mol. The van der Waals surface area contributed by atoms with Crippen molar-refractivity contribution >= 4 is 5.97 Å². The van der Waals surface area contributed by atoms with Gasteiger partial charge in [-0.1, -0.05) is 33.8 Å². The average Bonchev–Trinajstić information content (AvgIpc) is 3.48. The third kappa shape index (κ3) is 5.41. The summed E-state index contributed by atoms with van der Waals surface area (Å²) in [6, 6.07) is 5.25. The van der Waals surface area contributed by atoms with Gasteiger partial charge in [-0.3, -0.25) is 0 Å². The third-order valence-corrected chi connectivity index (χ3v) is 14.3. The number of carboxylic acid groups (broad SMARTS) is 1. The molecule has 51 heavy (non-hydrogen) atoms. The number of rotatable bonds is 7. The predicted molar refractivity (Wildman–Crippen MR) is 177 cm³/mol. The number of carbonyl (C=O) groups is 1. The first kappa shape index (κ1) is 35.0. The summed E-state index contributed by atoms with van der Waals surface area (Å²) in [4.78, 5) is 36.7. The molecule has 282 valence electrons. The lowest BCUT2D eigenvalue weighted by Gasteiger charge is -2.60. The van der Waals surface area contributed by atoms with E-state index in [9.17, 15) is 9.90 Å². The Morgan fingerprint density at radius 3 is 1.55 bits per heavy atom. The minimum Gasteiger partial charge on any atom is -0.478 e. The Kier molecular flexibility index (Phi) is 8.52. The zero-order valence-corrected chi connectivity index (χ0v) is 30.7. The lowest BCUT2D eigenvalue weighted by atomic mass is 9.58. The molecule has 0 unspecified atom stereocenters. The first-order valence-electron chi connectivity index (χ1n) is 19.3. The molecule has 1 N–H and O–H groups in total. The summed E-state index contributed by atoms with van der Waals surface area (Å²) in [5.74, 6) is -1.02. The van der Waals surface area contributed by atoms with Gasteiger partial charge < -0.3 is 33.5 Å². The number of fused-ring (bicyclic) bond motifs is 4. The van der Waals surface area contributed by atoms with Gasteiger partial charge in [0.15, 0.2) is 36.4 Å². The van der Waals surface area contributed by atoms with Gasteiger partial charge in [0, 0.05) is 36.5 Å². The van der Waals surface area contributed by atoms with E-state index in [2.05, 4.69) is 27.7 Å². The van der Waals surface area contributed by atoms with E-state index in [0.29, 0.717) is 11.8 Å². The van der Waals surface area contributed by atoms with Crippen molar-refractivity contribution in [2.24, 2.45) is 47.3 Å². The fourth-order valence-corrected chi connectivity index (χ4v) is 11.5. The van der Waals surface area contributed by atoms with Crippen LogP contribution in [0.15, 0.2) is 18.2 Å². The van der Waals surface area contributed by atoms with Gasteiger partial charge in [-0.25, -0.2) is 24.3 Å². The van der Waals surface area contributed by atoms with Crippen molar-refractivity contribution in [1.29, 1.82) is 0 Å². The molecular weight excluding hydrogens is 660 g/mol. The van der Waals surface area contributed by atoms with Crippen LogP contribution in [-0.2, 0) is 61.2 Å². The largest absolute Gasteiger partial charge is 0.478 e. The van der Waals surface area contributed by atoms with Gasteiger partial charge in [-0.2, -0.15) is 0 Å². The van der Waals surface area contributed by atoms with Crippen molar-refractivity contribution in [2.75, 3.05) is 0 Å². The zero-order chi connectivity index (χ0) is 35.5. The highest BCUT2D eigenvalue weighted by Crippen LogP contribution is 2.62. The van der Waals surface area contributed by atoms with Gasteiger partial charge in [0.05, 0.1) is 18.8 Å². The molecule has 10 aliphatic rings. The molecule has 12 heteroatoms. The van der Waals surface area contributed by atoms with Crippen molar-refractivity contribution in [2.45, 2.75) is 154 Å². The maximum absolute atomic E-state index is 12.3. The highest BCUT2D eigenvalue weighted by molar-refractivity contribution is 5.88. The van der Waals surface area contributed by atoms with E-state index in [1.165, 1.54) is 0 Å². The first-order chi connectivity index (χ1) is 24.3. The van der Waals surface area contributed by atoms with Gasteiger partial charge in [-0.15, -0.1) is 0 Å². The van der Waals surface area contributed by atoms with Gasteiger partial charge in [0.25, 0.3) is 0 Å². The molecule has 0 radical (unpaired) electrons. The van der Waals surface area contributed by atoms with Crippen LogP contribution in [-0.4, -0.2) is 59.0 Å². The van der Waals surface area contributed by atoms with E-state index >= 15 is 0 Å². The van der Waals surface area contributed by atoms with Crippen molar-refractivity contribution in [3.63, 3.8) is 0 Å². The van der Waals surface area contributed by atoms with Crippen molar-refractivity contribution in [3.8, 4) is 0 Å². The summed E-state index contributed by atoms with van der Waals surface area (Å²) in [7, 11) is 0. The number of hydrogen-bond donors (Lipinski definition) is 1. The Morgan fingerprint density at radius 1 is 0.667 bits per heavy atom. The molecule has 8 heterocycles. The molecule has 1 aromatic rings. The molecule has 4 bridgehead atoms. The summed E-state index contributed by atoms with van der Waals surface area (Å²) in [5.41, 5.74) is 0.263. The fraction of sp³-hybridized carbons (Fsp3) is 0.821. The molecule has 12 nitrogen and oxygen atoms in total. The maximum Gasteiger partial charge on any atom is 0.335 e. The van der Waals surface area contributed by atoms with Gasteiger partial charge in [0.1, 0.15) is 0 Å². The lowest BCUT2D eigenvalue weighted by molar-refractivity contribution is -0.577. The summed E-state index contributed by atoms with van der Waals surface area (Å²) < 4.78 is 39.2. The smallest absolute Gasteiger partial charge is 0.335 e. The van der Waals surface area contributed by atoms with Crippen LogP contribution in [0.4, 0.5) is 0 Å². The van der Waals surface area contributed by atoms with Crippen LogP contribution in [0.3, 0.4) is 0 Å². The standard InChI is InChI=1S/C39H54O12/c1-20-7-9-29-22(3)32(44-34-38(29)27(20)11-13-36(5,46-34)48-50-38)42-18-24-15-25(17-26(16-24)31(40)41)19-43-33-23(4)30-10-8-21(2)28-12-14-37(6)47-35(45-33)39(28,30)51-49-37/h15-17,20-23,27-30,32-35H,7-14,18-19H2,1-6H3,(H,40,41)/t20-,21-,22-,23-,27+,28+,29+,30+,32+,33+,34-,35-,36+,37+,38-,39-/m1/s1. The molecule has 2 saturated carbocycles. The van der Waals surface area contributed by atoms with E-state index in [1.807, 2.05) is 19.9 Å². The molecule has 0 aromatic heterocycles. The Bertz CT molecular complexity index is 1420. The molecule has 10 fully saturated rings. The minimum absolute atomic E-state index is 0.00470. The summed E-state index contributed by atoms with van der Waals surface area (Å²) in [6.07, 6.45) is 5.18. The van der Waals surface area contributed by atoms with Gasteiger partial charge in [0.2, 0.25) is 11.6 Å². The van der Waals surface area contributed by atoms with E-state index in [4.69, 9.17) is 48.0 Å². The number of aromatic carboxylic acids is 1.